The summed E-state index contributed by atoms with van der Waals surface area (Å²) in [5.41, 5.74) is -0.153. The lowest BCUT2D eigenvalue weighted by molar-refractivity contribution is 0.432. The van der Waals surface area contributed by atoms with Crippen LogP contribution in [0, 0.1) is 0 Å². The second-order valence-electron chi connectivity index (χ2n) is 4.22. The fraction of sp³-hybridized carbons (Fsp3) is 0.636. The van der Waals surface area contributed by atoms with Crippen molar-refractivity contribution in [2.75, 3.05) is 11.9 Å². The van der Waals surface area contributed by atoms with E-state index in [0.29, 0.717) is 5.82 Å². The molecule has 2 unspecified atom stereocenters. The first-order valence-corrected chi connectivity index (χ1v) is 6.04. The smallest absolute Gasteiger partial charge is 0.290 e. The molecule has 0 bridgehead atoms. The normalized spacial score (nSPS) is 25.4. The van der Waals surface area contributed by atoms with E-state index in [1.54, 1.807) is 12.4 Å². The molecular weight excluding hydrogens is 226 g/mol. The molecule has 5 heteroatoms. The minimum Gasteiger partial charge on any atom is -0.351 e. The molecule has 1 saturated carbocycles. The monoisotopic (exact) mass is 241 g/mol. The predicted molar refractivity (Wildman–Crippen MR) is 65.2 cm³/mol. The van der Waals surface area contributed by atoms with E-state index in [9.17, 15) is 4.79 Å². The van der Waals surface area contributed by atoms with Crippen LogP contribution in [0.2, 0.25) is 0 Å². The number of anilines is 1. The zero-order valence-corrected chi connectivity index (χ0v) is 10.1. The van der Waals surface area contributed by atoms with Crippen LogP contribution in [0.15, 0.2) is 17.2 Å². The Hall–Kier alpha value is -1.03. The van der Waals surface area contributed by atoms with Crippen LogP contribution in [-0.4, -0.2) is 28.4 Å². The first-order valence-electron chi connectivity index (χ1n) is 5.61. The third-order valence-electron chi connectivity index (χ3n) is 3.17. The molecule has 0 saturated heterocycles. The average molecular weight is 242 g/mol. The van der Waals surface area contributed by atoms with Gasteiger partial charge in [-0.25, -0.2) is 4.98 Å². The lowest BCUT2D eigenvalue weighted by atomic mass is 9.94. The van der Waals surface area contributed by atoms with E-state index in [2.05, 4.69) is 9.97 Å². The molecule has 0 amide bonds. The third kappa shape index (κ3) is 2.21. The molecule has 1 aromatic rings. The second kappa shape index (κ2) is 4.87. The first-order chi connectivity index (χ1) is 7.70. The van der Waals surface area contributed by atoms with Crippen molar-refractivity contribution in [3.8, 4) is 0 Å². The van der Waals surface area contributed by atoms with E-state index in [1.165, 1.54) is 12.8 Å². The summed E-state index contributed by atoms with van der Waals surface area (Å²) in [4.78, 5) is 20.3. The van der Waals surface area contributed by atoms with Gasteiger partial charge in [0.15, 0.2) is 5.82 Å². The van der Waals surface area contributed by atoms with E-state index in [1.807, 2.05) is 11.9 Å². The molecule has 16 heavy (non-hydrogen) atoms. The number of nitrogens with one attached hydrogen (secondary N) is 1. The summed E-state index contributed by atoms with van der Waals surface area (Å²) < 4.78 is 0. The van der Waals surface area contributed by atoms with Crippen LogP contribution in [-0.2, 0) is 0 Å². The van der Waals surface area contributed by atoms with Gasteiger partial charge >= 0.3 is 0 Å². The lowest BCUT2D eigenvalue weighted by Crippen LogP contribution is -2.43. The summed E-state index contributed by atoms with van der Waals surface area (Å²) in [6.07, 6.45) is 7.53. The van der Waals surface area contributed by atoms with Gasteiger partial charge in [-0.3, -0.25) is 4.79 Å². The van der Waals surface area contributed by atoms with Crippen molar-refractivity contribution in [2.45, 2.75) is 37.1 Å². The molecule has 1 fully saturated rings. The standard InChI is InChI=1S/C11H16ClN3O/c1-15(9-5-3-2-4-8(9)12)10-11(16)14-7-6-13-10/h6-9H,2-5H2,1H3,(H,14,16). The summed E-state index contributed by atoms with van der Waals surface area (Å²) in [5.74, 6) is 0.458. The molecule has 0 spiro atoms. The topological polar surface area (TPSA) is 49.0 Å². The van der Waals surface area contributed by atoms with Crippen molar-refractivity contribution in [1.29, 1.82) is 0 Å². The Morgan fingerprint density at radius 1 is 1.50 bits per heavy atom. The number of halogens is 1. The Bertz CT molecular complexity index is 406. The second-order valence-corrected chi connectivity index (χ2v) is 4.78. The maximum absolute atomic E-state index is 11.6. The van der Waals surface area contributed by atoms with Crippen LogP contribution in [0.5, 0.6) is 0 Å². The van der Waals surface area contributed by atoms with Crippen molar-refractivity contribution in [3.05, 3.63) is 22.7 Å². The minimum atomic E-state index is -0.153. The molecule has 0 radical (unpaired) electrons. The summed E-state index contributed by atoms with van der Waals surface area (Å²) >= 11 is 6.30. The van der Waals surface area contributed by atoms with Crippen molar-refractivity contribution in [3.63, 3.8) is 0 Å². The molecule has 2 rings (SSSR count). The van der Waals surface area contributed by atoms with E-state index < -0.39 is 0 Å². The number of H-pyrrole nitrogens is 1. The van der Waals surface area contributed by atoms with E-state index in [4.69, 9.17) is 11.6 Å². The molecule has 88 valence electrons. The van der Waals surface area contributed by atoms with Crippen LogP contribution in [0.3, 0.4) is 0 Å². The van der Waals surface area contributed by atoms with Crippen LogP contribution in [0.1, 0.15) is 25.7 Å². The fourth-order valence-corrected chi connectivity index (χ4v) is 2.70. The molecule has 0 aromatic carbocycles. The molecule has 1 aromatic heterocycles. The summed E-state index contributed by atoms with van der Waals surface area (Å²) in [6, 6.07) is 0.214. The number of aromatic nitrogens is 2. The van der Waals surface area contributed by atoms with Gasteiger partial charge in [-0.15, -0.1) is 11.6 Å². The van der Waals surface area contributed by atoms with Gasteiger partial charge in [0.05, 0.1) is 5.38 Å². The van der Waals surface area contributed by atoms with Crippen molar-refractivity contribution in [2.24, 2.45) is 0 Å². The fourth-order valence-electron chi connectivity index (χ4n) is 2.25. The molecule has 0 aliphatic heterocycles. The number of hydrogen-bond donors (Lipinski definition) is 1. The zero-order valence-electron chi connectivity index (χ0n) is 9.32. The number of hydrogen-bond acceptors (Lipinski definition) is 3. The molecular formula is C11H16ClN3O. The zero-order chi connectivity index (χ0) is 11.5. The summed E-state index contributed by atoms with van der Waals surface area (Å²) in [7, 11) is 1.89. The van der Waals surface area contributed by atoms with E-state index >= 15 is 0 Å². The van der Waals surface area contributed by atoms with E-state index in [-0.39, 0.29) is 17.0 Å². The number of alkyl halides is 1. The van der Waals surface area contributed by atoms with Crippen LogP contribution >= 0.6 is 11.6 Å². The molecule has 1 heterocycles. The molecule has 1 aliphatic carbocycles. The van der Waals surface area contributed by atoms with Gasteiger partial charge in [0.25, 0.3) is 5.56 Å². The molecule has 1 aliphatic rings. The quantitative estimate of drug-likeness (QED) is 0.803. The first kappa shape index (κ1) is 11.5. The molecule has 2 atom stereocenters. The van der Waals surface area contributed by atoms with Gasteiger partial charge in [0.2, 0.25) is 0 Å². The van der Waals surface area contributed by atoms with Gasteiger partial charge in [-0.2, -0.15) is 0 Å². The minimum absolute atomic E-state index is 0.111. The number of rotatable bonds is 2. The summed E-state index contributed by atoms with van der Waals surface area (Å²) in [6.45, 7) is 0. The van der Waals surface area contributed by atoms with Crippen LogP contribution < -0.4 is 10.5 Å². The largest absolute Gasteiger partial charge is 0.351 e. The lowest BCUT2D eigenvalue weighted by Gasteiger charge is -2.34. The SMILES string of the molecule is CN(c1ncc[nH]c1=O)C1CCCCC1Cl. The van der Waals surface area contributed by atoms with Crippen LogP contribution in [0.4, 0.5) is 5.82 Å². The van der Waals surface area contributed by atoms with Gasteiger partial charge < -0.3 is 9.88 Å². The van der Waals surface area contributed by atoms with Gasteiger partial charge in [-0.05, 0) is 12.8 Å². The summed E-state index contributed by atoms with van der Waals surface area (Å²) in [5, 5.41) is 0.111. The third-order valence-corrected chi connectivity index (χ3v) is 3.68. The highest BCUT2D eigenvalue weighted by molar-refractivity contribution is 6.21. The Balaban J connectivity index is 2.21. The Kier molecular flexibility index (Phi) is 3.49. The molecule has 1 N–H and O–H groups in total. The average Bonchev–Trinajstić information content (AvgIpc) is 2.29. The molecule has 4 nitrogen and oxygen atoms in total. The Morgan fingerprint density at radius 2 is 2.25 bits per heavy atom. The van der Waals surface area contributed by atoms with Crippen molar-refractivity contribution < 1.29 is 0 Å². The van der Waals surface area contributed by atoms with Gasteiger partial charge in [0, 0.05) is 25.5 Å². The van der Waals surface area contributed by atoms with Gasteiger partial charge in [-0.1, -0.05) is 12.8 Å². The van der Waals surface area contributed by atoms with E-state index in [0.717, 1.165) is 12.8 Å². The Labute approximate surface area is 99.6 Å². The highest BCUT2D eigenvalue weighted by Crippen LogP contribution is 2.27. The van der Waals surface area contributed by atoms with Crippen molar-refractivity contribution in [1.82, 2.24) is 9.97 Å². The van der Waals surface area contributed by atoms with Gasteiger partial charge in [0.1, 0.15) is 0 Å². The highest BCUT2D eigenvalue weighted by atomic mass is 35.5. The maximum Gasteiger partial charge on any atom is 0.290 e. The maximum atomic E-state index is 11.6. The number of aromatic amines is 1. The Morgan fingerprint density at radius 3 is 2.94 bits per heavy atom. The van der Waals surface area contributed by atoms with Crippen molar-refractivity contribution >= 4 is 17.4 Å². The number of nitrogens with zero attached hydrogens (tertiary/aromatic N) is 2. The highest BCUT2D eigenvalue weighted by Gasteiger charge is 2.28. The predicted octanol–water partition coefficient (Wildman–Crippen LogP) is 1.76. The van der Waals surface area contributed by atoms with Crippen LogP contribution in [0.25, 0.3) is 0 Å².